The van der Waals surface area contributed by atoms with E-state index in [1.807, 2.05) is 0 Å². The van der Waals surface area contributed by atoms with E-state index in [0.29, 0.717) is 10.9 Å². The second kappa shape index (κ2) is 6.82. The molecule has 124 valence electrons. The maximum atomic E-state index is 12.5. The molecule has 1 aromatic rings. The molecule has 4 nitrogen and oxygen atoms in total. The zero-order valence-corrected chi connectivity index (χ0v) is 13.5. The van der Waals surface area contributed by atoms with E-state index in [-0.39, 0.29) is 18.5 Å². The zero-order chi connectivity index (χ0) is 17.2. The molecule has 1 atom stereocenters. The lowest BCUT2D eigenvalue weighted by atomic mass is 9.98. The van der Waals surface area contributed by atoms with Gasteiger partial charge in [-0.15, -0.1) is 0 Å². The third-order valence-corrected chi connectivity index (χ3v) is 4.14. The van der Waals surface area contributed by atoms with Crippen LogP contribution < -0.4 is 0 Å². The van der Waals surface area contributed by atoms with Crippen LogP contribution in [0.4, 0.5) is 13.2 Å². The van der Waals surface area contributed by atoms with E-state index in [9.17, 15) is 27.6 Å². The van der Waals surface area contributed by atoms with Crippen molar-refractivity contribution in [3.05, 3.63) is 34.3 Å². The van der Waals surface area contributed by atoms with Crippen LogP contribution in [0.25, 0.3) is 0 Å². The highest BCUT2D eigenvalue weighted by molar-refractivity contribution is 9.10. The van der Waals surface area contributed by atoms with Crippen LogP contribution in [-0.4, -0.2) is 41.1 Å². The molecule has 0 N–H and O–H groups in total. The molecule has 1 aromatic carbocycles. The van der Waals surface area contributed by atoms with Crippen molar-refractivity contribution in [3.8, 4) is 0 Å². The van der Waals surface area contributed by atoms with Crippen LogP contribution in [0, 0.1) is 0 Å². The number of rotatable bonds is 5. The summed E-state index contributed by atoms with van der Waals surface area (Å²) in [4.78, 5) is 36.7. The van der Waals surface area contributed by atoms with E-state index >= 15 is 0 Å². The highest BCUT2D eigenvalue weighted by Gasteiger charge is 2.43. The number of carbonyl (C=O) groups excluding carboxylic acids is 3. The van der Waals surface area contributed by atoms with Gasteiger partial charge in [-0.05, 0) is 18.6 Å². The van der Waals surface area contributed by atoms with Gasteiger partial charge in [0.15, 0.2) is 5.78 Å². The maximum absolute atomic E-state index is 12.5. The molecule has 1 amide bonds. The maximum Gasteiger partial charge on any atom is 0.450 e. The molecule has 1 heterocycles. The van der Waals surface area contributed by atoms with Gasteiger partial charge in [-0.1, -0.05) is 28.1 Å². The van der Waals surface area contributed by atoms with Crippen molar-refractivity contribution in [1.82, 2.24) is 4.90 Å². The monoisotopic (exact) mass is 391 g/mol. The number of likely N-dealkylation sites (tertiary alicyclic amines) is 1. The number of hydrogen-bond donors (Lipinski definition) is 0. The van der Waals surface area contributed by atoms with E-state index in [2.05, 4.69) is 15.9 Å². The fraction of sp³-hybridized carbons (Fsp3) is 0.400. The Balaban J connectivity index is 2.29. The number of amides is 1. The largest absolute Gasteiger partial charge is 0.450 e. The number of carbonyl (C=O) groups is 3. The summed E-state index contributed by atoms with van der Waals surface area (Å²) in [5, 5.41) is 0. The molecule has 1 unspecified atom stereocenters. The van der Waals surface area contributed by atoms with E-state index in [1.165, 1.54) is 12.1 Å². The Bertz CT molecular complexity index is 628. The summed E-state index contributed by atoms with van der Waals surface area (Å²) in [5.41, 5.74) is 0.160. The van der Waals surface area contributed by atoms with Crippen LogP contribution in [0.2, 0.25) is 0 Å². The minimum atomic E-state index is -5.03. The van der Waals surface area contributed by atoms with Gasteiger partial charge < -0.3 is 4.90 Å². The number of alkyl halides is 3. The first-order chi connectivity index (χ1) is 10.7. The van der Waals surface area contributed by atoms with Crippen molar-refractivity contribution in [2.45, 2.75) is 31.5 Å². The Morgan fingerprint density at radius 1 is 1.22 bits per heavy atom. The van der Waals surface area contributed by atoms with Gasteiger partial charge in [0.05, 0.1) is 0 Å². The molecule has 0 bridgehead atoms. The van der Waals surface area contributed by atoms with Crippen molar-refractivity contribution in [2.24, 2.45) is 0 Å². The lowest BCUT2D eigenvalue weighted by molar-refractivity contribution is -0.172. The topological polar surface area (TPSA) is 54.5 Å². The van der Waals surface area contributed by atoms with Gasteiger partial charge in [-0.3, -0.25) is 14.4 Å². The van der Waals surface area contributed by atoms with Gasteiger partial charge in [-0.25, -0.2) is 0 Å². The average Bonchev–Trinajstić information content (AvgIpc) is 2.89. The van der Waals surface area contributed by atoms with Crippen LogP contribution in [0.3, 0.4) is 0 Å². The molecule has 2 rings (SSSR count). The molecule has 1 aliphatic rings. The van der Waals surface area contributed by atoms with Crippen LogP contribution >= 0.6 is 15.9 Å². The van der Waals surface area contributed by atoms with Crippen LogP contribution in [0.1, 0.15) is 29.6 Å². The van der Waals surface area contributed by atoms with Crippen molar-refractivity contribution in [2.75, 3.05) is 6.54 Å². The summed E-state index contributed by atoms with van der Waals surface area (Å²) in [5.74, 6) is -3.08. The molecular weight excluding hydrogens is 379 g/mol. The first-order valence-corrected chi connectivity index (χ1v) is 7.68. The number of ketones is 2. The number of hydrogen-bond acceptors (Lipinski definition) is 3. The van der Waals surface area contributed by atoms with Gasteiger partial charge in [0, 0.05) is 29.4 Å². The molecule has 0 aromatic heterocycles. The third-order valence-electron chi connectivity index (χ3n) is 3.61. The minimum Gasteiger partial charge on any atom is -0.332 e. The molecular formula is C15H13BrF3NO3. The Labute approximate surface area is 138 Å². The number of Topliss-reactive ketones (excluding diaryl/α,β-unsaturated/α-hetero) is 2. The Morgan fingerprint density at radius 2 is 1.83 bits per heavy atom. The predicted octanol–water partition coefficient (Wildman–Crippen LogP) is 3.14. The molecule has 8 heteroatoms. The fourth-order valence-corrected chi connectivity index (χ4v) is 2.71. The van der Waals surface area contributed by atoms with Crippen LogP contribution in [-0.2, 0) is 9.59 Å². The fourth-order valence-electron chi connectivity index (χ4n) is 2.44. The number of benzene rings is 1. The molecule has 1 saturated heterocycles. The zero-order valence-electron chi connectivity index (χ0n) is 11.9. The molecule has 0 spiro atoms. The summed E-state index contributed by atoms with van der Waals surface area (Å²) in [6.45, 7) is 0.177. The summed E-state index contributed by atoms with van der Waals surface area (Å²) >= 11 is 3.20. The summed E-state index contributed by atoms with van der Waals surface area (Å²) in [6, 6.07) is 4.61. The quantitative estimate of drug-likeness (QED) is 0.724. The Morgan fingerprint density at radius 3 is 2.30 bits per heavy atom. The first-order valence-electron chi connectivity index (χ1n) is 6.89. The SMILES string of the molecule is O=C(c1ccc(Br)cc1)C(CC(=O)C(F)(F)F)N1CCCC1=O. The normalized spacial score (nSPS) is 16.5. The highest BCUT2D eigenvalue weighted by atomic mass is 79.9. The second-order valence-corrected chi connectivity index (χ2v) is 6.12. The van der Waals surface area contributed by atoms with Crippen molar-refractivity contribution in [3.63, 3.8) is 0 Å². The lowest BCUT2D eigenvalue weighted by Gasteiger charge is -2.26. The summed E-state index contributed by atoms with van der Waals surface area (Å²) in [7, 11) is 0. The predicted molar refractivity (Wildman–Crippen MR) is 78.9 cm³/mol. The number of nitrogens with zero attached hydrogens (tertiary/aromatic N) is 1. The Hall–Kier alpha value is -1.70. The van der Waals surface area contributed by atoms with Crippen molar-refractivity contribution < 1.29 is 27.6 Å². The van der Waals surface area contributed by atoms with Gasteiger partial charge >= 0.3 is 6.18 Å². The molecule has 1 fully saturated rings. The van der Waals surface area contributed by atoms with Gasteiger partial charge in [0.2, 0.25) is 11.7 Å². The van der Waals surface area contributed by atoms with Gasteiger partial charge in [-0.2, -0.15) is 13.2 Å². The standard InChI is InChI=1S/C15H13BrF3NO3/c16-10-5-3-9(4-6-10)14(23)11(8-12(21)15(17,18)19)20-7-1-2-13(20)22/h3-6,11H,1-2,7-8H2. The summed E-state index contributed by atoms with van der Waals surface area (Å²) in [6.07, 6.45) is -5.45. The van der Waals surface area contributed by atoms with Crippen molar-refractivity contribution >= 4 is 33.4 Å². The minimum absolute atomic E-state index is 0.160. The van der Waals surface area contributed by atoms with Gasteiger partial charge in [0.25, 0.3) is 0 Å². The van der Waals surface area contributed by atoms with E-state index in [4.69, 9.17) is 0 Å². The molecule has 0 saturated carbocycles. The van der Waals surface area contributed by atoms with E-state index in [0.717, 1.165) is 4.90 Å². The third kappa shape index (κ3) is 4.19. The summed E-state index contributed by atoms with van der Waals surface area (Å²) < 4.78 is 38.3. The molecule has 0 aliphatic carbocycles. The van der Waals surface area contributed by atoms with Gasteiger partial charge in [0.1, 0.15) is 6.04 Å². The smallest absolute Gasteiger partial charge is 0.332 e. The van der Waals surface area contributed by atoms with Crippen LogP contribution in [0.5, 0.6) is 0 Å². The van der Waals surface area contributed by atoms with Crippen molar-refractivity contribution in [1.29, 1.82) is 0 Å². The lowest BCUT2D eigenvalue weighted by Crippen LogP contribution is -2.45. The Kier molecular flexibility index (Phi) is 5.23. The number of halogens is 4. The second-order valence-electron chi connectivity index (χ2n) is 5.20. The average molecular weight is 392 g/mol. The van der Waals surface area contributed by atoms with E-state index in [1.54, 1.807) is 12.1 Å². The molecule has 0 radical (unpaired) electrons. The van der Waals surface area contributed by atoms with E-state index < -0.39 is 36.1 Å². The van der Waals surface area contributed by atoms with Crippen LogP contribution in [0.15, 0.2) is 28.7 Å². The first kappa shape index (κ1) is 17.7. The molecule has 1 aliphatic heterocycles. The molecule has 23 heavy (non-hydrogen) atoms. The highest BCUT2D eigenvalue weighted by Crippen LogP contribution is 2.25.